The van der Waals surface area contributed by atoms with Gasteiger partial charge in [-0.15, -0.1) is 0 Å². The number of rotatable bonds is 4. The maximum atomic E-state index is 13.3. The fraction of sp³-hybridized carbons (Fsp3) is 0.550. The van der Waals surface area contributed by atoms with Gasteiger partial charge in [-0.2, -0.15) is 9.40 Å². The van der Waals surface area contributed by atoms with E-state index in [4.69, 9.17) is 0 Å². The molecule has 4 rings (SSSR count). The number of aromatic nitrogens is 2. The molecule has 2 fully saturated rings. The lowest BCUT2D eigenvalue weighted by Crippen LogP contribution is -2.43. The Bertz CT molecular complexity index is 973. The van der Waals surface area contributed by atoms with E-state index in [9.17, 15) is 17.9 Å². The predicted octanol–water partition coefficient (Wildman–Crippen LogP) is 2.66. The van der Waals surface area contributed by atoms with E-state index in [1.165, 1.54) is 22.6 Å². The Hall–Kier alpha value is -1.77. The molecule has 1 aliphatic carbocycles. The SMILES string of the molecule is CCn1ncc(S(=O)(=O)N2C[C@@H]3CCC[C@](O)(c4ccc(F)cc4)[C@@H]3C2)c1C. The number of aryl methyl sites for hydroxylation is 1. The van der Waals surface area contributed by atoms with Crippen LogP contribution in [0.25, 0.3) is 0 Å². The van der Waals surface area contributed by atoms with Crippen molar-refractivity contribution in [3.63, 3.8) is 0 Å². The van der Waals surface area contributed by atoms with Gasteiger partial charge in [0.15, 0.2) is 0 Å². The highest BCUT2D eigenvalue weighted by molar-refractivity contribution is 7.89. The standard InChI is InChI=1S/C20H26FN3O3S/c1-3-24-14(2)19(11-22-24)28(26,27)23-12-15-5-4-10-20(25,18(15)13-23)16-6-8-17(21)9-7-16/h6-9,11,15,18,25H,3-5,10,12-13H2,1-2H3/t15-,18+,20-/m0/s1. The van der Waals surface area contributed by atoms with Crippen molar-refractivity contribution in [2.45, 2.75) is 50.2 Å². The Kier molecular flexibility index (Phi) is 4.84. The molecular weight excluding hydrogens is 381 g/mol. The lowest BCUT2D eigenvalue weighted by molar-refractivity contribution is -0.0641. The Morgan fingerprint density at radius 3 is 2.64 bits per heavy atom. The molecule has 1 aliphatic heterocycles. The number of halogens is 1. The first-order valence-electron chi connectivity index (χ1n) is 9.78. The topological polar surface area (TPSA) is 75.4 Å². The van der Waals surface area contributed by atoms with Gasteiger partial charge in [-0.1, -0.05) is 12.1 Å². The molecule has 2 aliphatic rings. The number of hydrogen-bond donors (Lipinski definition) is 1. The highest BCUT2D eigenvalue weighted by Gasteiger charge is 2.52. The first-order chi connectivity index (χ1) is 13.3. The average molecular weight is 408 g/mol. The van der Waals surface area contributed by atoms with Crippen molar-refractivity contribution in [1.29, 1.82) is 0 Å². The van der Waals surface area contributed by atoms with Crippen LogP contribution in [0.5, 0.6) is 0 Å². The van der Waals surface area contributed by atoms with Crippen LogP contribution in [0.15, 0.2) is 35.4 Å². The average Bonchev–Trinajstić information content (AvgIpc) is 3.27. The maximum absolute atomic E-state index is 13.3. The molecule has 8 heteroatoms. The summed E-state index contributed by atoms with van der Waals surface area (Å²) >= 11 is 0. The van der Waals surface area contributed by atoms with Crippen LogP contribution < -0.4 is 0 Å². The normalized spacial score (nSPS) is 28.4. The van der Waals surface area contributed by atoms with Crippen LogP contribution in [0.1, 0.15) is 37.4 Å². The fourth-order valence-corrected chi connectivity index (χ4v) is 6.60. The molecule has 1 aromatic heterocycles. The van der Waals surface area contributed by atoms with Crippen LogP contribution in [0.4, 0.5) is 4.39 Å². The first kappa shape index (κ1) is 19.5. The lowest BCUT2D eigenvalue weighted by atomic mass is 9.67. The second-order valence-electron chi connectivity index (χ2n) is 7.92. The van der Waals surface area contributed by atoms with Crippen LogP contribution >= 0.6 is 0 Å². The molecule has 0 amide bonds. The smallest absolute Gasteiger partial charge is 0.246 e. The van der Waals surface area contributed by atoms with Crippen molar-refractivity contribution >= 4 is 10.0 Å². The van der Waals surface area contributed by atoms with Crippen LogP contribution in [0.2, 0.25) is 0 Å². The Labute approximate surface area is 165 Å². The van der Waals surface area contributed by atoms with Gasteiger partial charge in [0.25, 0.3) is 0 Å². The Balaban J connectivity index is 1.65. The van der Waals surface area contributed by atoms with Crippen LogP contribution in [0.3, 0.4) is 0 Å². The molecule has 0 spiro atoms. The van der Waals surface area contributed by atoms with E-state index in [2.05, 4.69) is 5.10 Å². The minimum atomic E-state index is -3.68. The number of fused-ring (bicyclic) bond motifs is 1. The van der Waals surface area contributed by atoms with Gasteiger partial charge >= 0.3 is 0 Å². The van der Waals surface area contributed by atoms with Crippen LogP contribution in [0, 0.1) is 24.6 Å². The molecule has 3 atom stereocenters. The van der Waals surface area contributed by atoms with E-state index in [1.54, 1.807) is 23.7 Å². The second kappa shape index (κ2) is 6.93. The van der Waals surface area contributed by atoms with Gasteiger partial charge in [0, 0.05) is 25.6 Å². The number of aliphatic hydroxyl groups is 1. The van der Waals surface area contributed by atoms with Crippen molar-refractivity contribution in [3.05, 3.63) is 47.5 Å². The first-order valence-corrected chi connectivity index (χ1v) is 11.2. The summed E-state index contributed by atoms with van der Waals surface area (Å²) in [7, 11) is -3.68. The van der Waals surface area contributed by atoms with Crippen LogP contribution in [-0.2, 0) is 22.2 Å². The van der Waals surface area contributed by atoms with Gasteiger partial charge < -0.3 is 5.11 Å². The van der Waals surface area contributed by atoms with E-state index in [0.717, 1.165) is 12.8 Å². The van der Waals surface area contributed by atoms with E-state index < -0.39 is 15.6 Å². The van der Waals surface area contributed by atoms with Gasteiger partial charge in [-0.3, -0.25) is 4.68 Å². The molecule has 6 nitrogen and oxygen atoms in total. The number of nitrogens with zero attached hydrogens (tertiary/aromatic N) is 3. The maximum Gasteiger partial charge on any atom is 0.246 e. The summed E-state index contributed by atoms with van der Waals surface area (Å²) < 4.78 is 43.0. The Morgan fingerprint density at radius 2 is 2.00 bits per heavy atom. The number of benzene rings is 1. The summed E-state index contributed by atoms with van der Waals surface area (Å²) in [6, 6.07) is 5.93. The largest absolute Gasteiger partial charge is 0.385 e. The lowest BCUT2D eigenvalue weighted by Gasteiger charge is -2.41. The molecular formula is C20H26FN3O3S. The third kappa shape index (κ3) is 2.98. The summed E-state index contributed by atoms with van der Waals surface area (Å²) in [5.41, 5.74) is 0.160. The van der Waals surface area contributed by atoms with Gasteiger partial charge in [-0.25, -0.2) is 12.8 Å². The molecule has 28 heavy (non-hydrogen) atoms. The van der Waals surface area contributed by atoms with E-state index in [0.29, 0.717) is 30.8 Å². The summed E-state index contributed by atoms with van der Waals surface area (Å²) in [5, 5.41) is 15.7. The number of sulfonamides is 1. The molecule has 1 aromatic carbocycles. The molecule has 2 heterocycles. The monoisotopic (exact) mass is 407 g/mol. The molecule has 0 radical (unpaired) electrons. The zero-order valence-electron chi connectivity index (χ0n) is 16.2. The predicted molar refractivity (Wildman–Crippen MR) is 103 cm³/mol. The third-order valence-electron chi connectivity index (χ3n) is 6.47. The zero-order valence-corrected chi connectivity index (χ0v) is 17.0. The summed E-state index contributed by atoms with van der Waals surface area (Å²) in [6.45, 7) is 4.95. The molecule has 0 unspecified atom stereocenters. The highest BCUT2D eigenvalue weighted by Crippen LogP contribution is 2.49. The molecule has 152 valence electrons. The van der Waals surface area contributed by atoms with Gasteiger partial charge in [0.1, 0.15) is 10.7 Å². The van der Waals surface area contributed by atoms with Crippen molar-refractivity contribution in [3.8, 4) is 0 Å². The molecule has 2 aromatic rings. The van der Waals surface area contributed by atoms with E-state index >= 15 is 0 Å². The van der Waals surface area contributed by atoms with E-state index in [-0.39, 0.29) is 29.1 Å². The third-order valence-corrected chi connectivity index (χ3v) is 8.41. The van der Waals surface area contributed by atoms with Crippen molar-refractivity contribution in [2.75, 3.05) is 13.1 Å². The van der Waals surface area contributed by atoms with E-state index in [1.807, 2.05) is 6.92 Å². The molecule has 0 bridgehead atoms. The van der Waals surface area contributed by atoms with Crippen LogP contribution in [-0.4, -0.2) is 40.7 Å². The van der Waals surface area contributed by atoms with Gasteiger partial charge in [0.05, 0.1) is 17.5 Å². The Morgan fingerprint density at radius 1 is 1.29 bits per heavy atom. The molecule has 1 N–H and O–H groups in total. The minimum absolute atomic E-state index is 0.0834. The molecule has 1 saturated carbocycles. The van der Waals surface area contributed by atoms with Gasteiger partial charge in [-0.05, 0) is 56.7 Å². The van der Waals surface area contributed by atoms with Crippen molar-refractivity contribution in [2.24, 2.45) is 11.8 Å². The second-order valence-corrected chi connectivity index (χ2v) is 9.83. The minimum Gasteiger partial charge on any atom is -0.385 e. The van der Waals surface area contributed by atoms with Crippen molar-refractivity contribution in [1.82, 2.24) is 14.1 Å². The molecule has 1 saturated heterocycles. The quantitative estimate of drug-likeness (QED) is 0.846. The summed E-state index contributed by atoms with van der Waals surface area (Å²) in [5.74, 6) is -0.470. The van der Waals surface area contributed by atoms with Gasteiger partial charge in [0.2, 0.25) is 10.0 Å². The van der Waals surface area contributed by atoms with Crippen molar-refractivity contribution < 1.29 is 17.9 Å². The summed E-state index contributed by atoms with van der Waals surface area (Å²) in [6.07, 6.45) is 3.67. The summed E-state index contributed by atoms with van der Waals surface area (Å²) in [4.78, 5) is 0.235. The zero-order chi connectivity index (χ0) is 20.1. The fourth-order valence-electron chi connectivity index (χ4n) is 4.92. The number of hydrogen-bond acceptors (Lipinski definition) is 4. The highest BCUT2D eigenvalue weighted by atomic mass is 32.2.